The summed E-state index contributed by atoms with van der Waals surface area (Å²) < 4.78 is 12.8. The molecule has 0 bridgehead atoms. The minimum absolute atomic E-state index is 0.0111. The van der Waals surface area contributed by atoms with Crippen molar-refractivity contribution in [2.45, 2.75) is 56.3 Å². The average Bonchev–Trinajstić information content (AvgIpc) is 3.30. The molecule has 7 nitrogen and oxygen atoms in total. The fourth-order valence-electron chi connectivity index (χ4n) is 3.36. The number of nitrogens with one attached hydrogen (secondary N) is 1. The fraction of sp³-hybridized carbons (Fsp3) is 0.611. The highest BCUT2D eigenvalue weighted by Crippen LogP contribution is 2.35. The van der Waals surface area contributed by atoms with Gasteiger partial charge in [0.05, 0.1) is 18.6 Å². The highest BCUT2D eigenvalue weighted by Gasteiger charge is 2.25. The summed E-state index contributed by atoms with van der Waals surface area (Å²) in [5, 5.41) is 12.4. The Kier molecular flexibility index (Phi) is 6.73. The van der Waals surface area contributed by atoms with Crippen LogP contribution in [0.3, 0.4) is 0 Å². The minimum atomic E-state index is -0.0303. The molecule has 26 heavy (non-hydrogen) atoms. The summed E-state index contributed by atoms with van der Waals surface area (Å²) in [5.74, 6) is 1.74. The molecular formula is C18H26N4O3S. The lowest BCUT2D eigenvalue weighted by molar-refractivity contribution is -0.119. The number of hydrogen-bond acceptors (Lipinski definition) is 6. The first-order valence-corrected chi connectivity index (χ1v) is 10.1. The van der Waals surface area contributed by atoms with Gasteiger partial charge in [-0.15, -0.1) is 10.2 Å². The van der Waals surface area contributed by atoms with Crippen LogP contribution in [0.1, 0.15) is 45.1 Å². The first-order chi connectivity index (χ1) is 12.7. The Hall–Kier alpha value is -1.80. The summed E-state index contributed by atoms with van der Waals surface area (Å²) in [6.45, 7) is 2.42. The van der Waals surface area contributed by atoms with Crippen LogP contribution in [-0.4, -0.2) is 46.2 Å². The zero-order valence-electron chi connectivity index (χ0n) is 15.3. The Labute approximate surface area is 157 Å². The van der Waals surface area contributed by atoms with Crippen molar-refractivity contribution in [3.8, 4) is 11.6 Å². The van der Waals surface area contributed by atoms with Crippen molar-refractivity contribution in [1.82, 2.24) is 20.1 Å². The van der Waals surface area contributed by atoms with E-state index in [9.17, 15) is 4.79 Å². The van der Waals surface area contributed by atoms with Crippen molar-refractivity contribution in [3.05, 3.63) is 18.4 Å². The van der Waals surface area contributed by atoms with Crippen LogP contribution in [0.5, 0.6) is 0 Å². The van der Waals surface area contributed by atoms with Gasteiger partial charge in [-0.2, -0.15) is 0 Å². The van der Waals surface area contributed by atoms with E-state index < -0.39 is 0 Å². The molecule has 1 fully saturated rings. The molecule has 2 aromatic heterocycles. The molecule has 0 aliphatic heterocycles. The smallest absolute Gasteiger partial charge is 0.230 e. The molecule has 1 unspecified atom stereocenters. The van der Waals surface area contributed by atoms with Gasteiger partial charge in [0.2, 0.25) is 11.7 Å². The average molecular weight is 378 g/mol. The topological polar surface area (TPSA) is 82.2 Å². The molecule has 1 amide bonds. The third-order valence-corrected chi connectivity index (χ3v) is 5.45. The van der Waals surface area contributed by atoms with Gasteiger partial charge in [0.15, 0.2) is 10.9 Å². The Morgan fingerprint density at radius 3 is 2.92 bits per heavy atom. The molecule has 8 heteroatoms. The monoisotopic (exact) mass is 378 g/mol. The van der Waals surface area contributed by atoms with Gasteiger partial charge in [-0.05, 0) is 31.9 Å². The lowest BCUT2D eigenvalue weighted by Crippen LogP contribution is -2.36. The second kappa shape index (κ2) is 9.23. The standard InChI is InChI=1S/C18H26N4O3S/c1-13(11-24-2)19-16(23)12-26-18-21-20-17(15-9-6-10-25-15)22(18)14-7-4-3-5-8-14/h6,9-10,13-14H,3-5,7-8,11-12H2,1-2H3,(H,19,23). The van der Waals surface area contributed by atoms with Crippen LogP contribution in [0.25, 0.3) is 11.6 Å². The van der Waals surface area contributed by atoms with Gasteiger partial charge in [0.1, 0.15) is 0 Å². The SMILES string of the molecule is COCC(C)NC(=O)CSc1nnc(-c2ccco2)n1C1CCCCC1. The normalized spacial score (nSPS) is 16.5. The second-order valence-electron chi connectivity index (χ2n) is 6.66. The van der Waals surface area contributed by atoms with Crippen LogP contribution in [-0.2, 0) is 9.53 Å². The van der Waals surface area contributed by atoms with Crippen molar-refractivity contribution >= 4 is 17.7 Å². The quantitative estimate of drug-likeness (QED) is 0.710. The molecule has 0 spiro atoms. The Morgan fingerprint density at radius 1 is 1.42 bits per heavy atom. The summed E-state index contributed by atoms with van der Waals surface area (Å²) in [7, 11) is 1.63. The molecule has 1 saturated carbocycles. The molecular weight excluding hydrogens is 352 g/mol. The molecule has 1 atom stereocenters. The van der Waals surface area contributed by atoms with E-state index in [1.54, 1.807) is 13.4 Å². The summed E-state index contributed by atoms with van der Waals surface area (Å²) in [6, 6.07) is 4.10. The van der Waals surface area contributed by atoms with E-state index in [2.05, 4.69) is 20.1 Å². The summed E-state index contributed by atoms with van der Waals surface area (Å²) in [6.07, 6.45) is 7.55. The zero-order valence-corrected chi connectivity index (χ0v) is 16.1. The van der Waals surface area contributed by atoms with Gasteiger partial charge in [-0.3, -0.25) is 9.36 Å². The lowest BCUT2D eigenvalue weighted by Gasteiger charge is -2.25. The van der Waals surface area contributed by atoms with Crippen LogP contribution in [0.4, 0.5) is 0 Å². The number of thioether (sulfide) groups is 1. The van der Waals surface area contributed by atoms with Gasteiger partial charge in [-0.25, -0.2) is 0 Å². The number of ether oxygens (including phenoxy) is 1. The van der Waals surface area contributed by atoms with Gasteiger partial charge in [0, 0.05) is 19.2 Å². The van der Waals surface area contributed by atoms with E-state index in [4.69, 9.17) is 9.15 Å². The Bertz CT molecular complexity index is 695. The predicted octanol–water partition coefficient (Wildman–Crippen LogP) is 3.29. The van der Waals surface area contributed by atoms with E-state index >= 15 is 0 Å². The van der Waals surface area contributed by atoms with Gasteiger partial charge in [0.25, 0.3) is 0 Å². The first-order valence-electron chi connectivity index (χ1n) is 9.09. The number of methoxy groups -OCH3 is 1. The Morgan fingerprint density at radius 2 is 2.23 bits per heavy atom. The number of amides is 1. The largest absolute Gasteiger partial charge is 0.461 e. The fourth-order valence-corrected chi connectivity index (χ4v) is 4.17. The lowest BCUT2D eigenvalue weighted by atomic mass is 9.95. The van der Waals surface area contributed by atoms with E-state index in [0.29, 0.717) is 24.2 Å². The highest BCUT2D eigenvalue weighted by molar-refractivity contribution is 7.99. The van der Waals surface area contributed by atoms with Crippen LogP contribution in [0, 0.1) is 0 Å². The zero-order chi connectivity index (χ0) is 18.4. The van der Waals surface area contributed by atoms with E-state index in [1.165, 1.54) is 31.0 Å². The predicted molar refractivity (Wildman–Crippen MR) is 100 cm³/mol. The van der Waals surface area contributed by atoms with E-state index in [1.807, 2.05) is 19.1 Å². The summed E-state index contributed by atoms with van der Waals surface area (Å²) in [5.41, 5.74) is 0. The van der Waals surface area contributed by atoms with Crippen LogP contribution in [0.15, 0.2) is 28.0 Å². The third kappa shape index (κ3) is 4.67. The summed E-state index contributed by atoms with van der Waals surface area (Å²) >= 11 is 1.42. The van der Waals surface area contributed by atoms with Crippen LogP contribution >= 0.6 is 11.8 Å². The molecule has 3 rings (SSSR count). The number of nitrogens with zero attached hydrogens (tertiary/aromatic N) is 3. The minimum Gasteiger partial charge on any atom is -0.461 e. The Balaban J connectivity index is 1.73. The van der Waals surface area contributed by atoms with Crippen molar-refractivity contribution < 1.29 is 13.9 Å². The molecule has 0 radical (unpaired) electrons. The second-order valence-corrected chi connectivity index (χ2v) is 7.60. The maximum Gasteiger partial charge on any atom is 0.230 e. The third-order valence-electron chi connectivity index (χ3n) is 4.50. The van der Waals surface area contributed by atoms with Gasteiger partial charge in [-0.1, -0.05) is 31.0 Å². The van der Waals surface area contributed by atoms with Crippen molar-refractivity contribution in [1.29, 1.82) is 0 Å². The molecule has 1 aliphatic rings. The van der Waals surface area contributed by atoms with E-state index in [0.717, 1.165) is 23.8 Å². The number of carbonyl (C=O) groups is 1. The molecule has 0 saturated heterocycles. The summed E-state index contributed by atoms with van der Waals surface area (Å²) in [4.78, 5) is 12.2. The number of carbonyl (C=O) groups excluding carboxylic acids is 1. The maximum atomic E-state index is 12.2. The van der Waals surface area contributed by atoms with Crippen molar-refractivity contribution in [3.63, 3.8) is 0 Å². The van der Waals surface area contributed by atoms with Crippen molar-refractivity contribution in [2.24, 2.45) is 0 Å². The number of aromatic nitrogens is 3. The number of furan rings is 1. The van der Waals surface area contributed by atoms with Gasteiger partial charge >= 0.3 is 0 Å². The molecule has 1 N–H and O–H groups in total. The molecule has 2 aromatic rings. The number of hydrogen-bond donors (Lipinski definition) is 1. The molecule has 0 aromatic carbocycles. The van der Waals surface area contributed by atoms with E-state index in [-0.39, 0.29) is 11.9 Å². The highest BCUT2D eigenvalue weighted by atomic mass is 32.2. The number of rotatable bonds is 8. The van der Waals surface area contributed by atoms with Crippen molar-refractivity contribution in [2.75, 3.05) is 19.5 Å². The molecule has 142 valence electrons. The molecule has 1 aliphatic carbocycles. The maximum absolute atomic E-state index is 12.2. The first kappa shape index (κ1) is 19.0. The van der Waals surface area contributed by atoms with Crippen LogP contribution in [0.2, 0.25) is 0 Å². The van der Waals surface area contributed by atoms with Gasteiger partial charge < -0.3 is 14.5 Å². The van der Waals surface area contributed by atoms with Crippen LogP contribution < -0.4 is 5.32 Å². The molecule has 2 heterocycles.